The summed E-state index contributed by atoms with van der Waals surface area (Å²) in [6.07, 6.45) is 1.11. The van der Waals surface area contributed by atoms with Crippen molar-refractivity contribution in [1.82, 2.24) is 10.2 Å². The first-order chi connectivity index (χ1) is 13.0. The van der Waals surface area contributed by atoms with E-state index in [1.165, 1.54) is 12.1 Å². The molecule has 160 valence electrons. The van der Waals surface area contributed by atoms with Crippen LogP contribution in [-0.4, -0.2) is 64.0 Å². The molecule has 0 amide bonds. The standard InChI is InChI=1S/C21H34FN3O2.HI/c1-5-23-20(25-11-10-17(14-25)15-27-13-12-26-4)24-16-21(2,3)18-6-8-19(22)9-7-18;/h6-9,17H,5,10-16H2,1-4H3,(H,23,24);1H. The summed E-state index contributed by atoms with van der Waals surface area (Å²) in [4.78, 5) is 7.20. The van der Waals surface area contributed by atoms with Gasteiger partial charge in [-0.05, 0) is 31.0 Å². The van der Waals surface area contributed by atoms with E-state index in [0.717, 1.165) is 44.2 Å². The molecule has 1 saturated heterocycles. The Morgan fingerprint density at radius 1 is 1.29 bits per heavy atom. The summed E-state index contributed by atoms with van der Waals surface area (Å²) in [5.41, 5.74) is 0.936. The van der Waals surface area contributed by atoms with Gasteiger partial charge in [-0.25, -0.2) is 4.39 Å². The predicted molar refractivity (Wildman–Crippen MR) is 123 cm³/mol. The van der Waals surface area contributed by atoms with E-state index in [-0.39, 0.29) is 35.2 Å². The number of hydrogen-bond acceptors (Lipinski definition) is 3. The highest BCUT2D eigenvalue weighted by atomic mass is 127. The first-order valence-electron chi connectivity index (χ1n) is 9.82. The Bertz CT molecular complexity index is 596. The van der Waals surface area contributed by atoms with Crippen molar-refractivity contribution in [1.29, 1.82) is 0 Å². The quantitative estimate of drug-likeness (QED) is 0.240. The smallest absolute Gasteiger partial charge is 0.193 e. The maximum atomic E-state index is 13.2. The van der Waals surface area contributed by atoms with Gasteiger partial charge in [0.05, 0.1) is 26.4 Å². The first-order valence-corrected chi connectivity index (χ1v) is 9.82. The van der Waals surface area contributed by atoms with Crippen LogP contribution in [0.1, 0.15) is 32.8 Å². The van der Waals surface area contributed by atoms with E-state index in [9.17, 15) is 4.39 Å². The lowest BCUT2D eigenvalue weighted by molar-refractivity contribution is 0.0536. The van der Waals surface area contributed by atoms with Gasteiger partial charge in [0.25, 0.3) is 0 Å². The van der Waals surface area contributed by atoms with E-state index in [1.807, 2.05) is 12.1 Å². The predicted octanol–water partition coefficient (Wildman–Crippen LogP) is 3.67. The zero-order chi connectivity index (χ0) is 19.7. The molecule has 0 aromatic heterocycles. The fraction of sp³-hybridized carbons (Fsp3) is 0.667. The average molecular weight is 507 g/mol. The van der Waals surface area contributed by atoms with Gasteiger partial charge in [0, 0.05) is 38.1 Å². The summed E-state index contributed by atoms with van der Waals surface area (Å²) in [5, 5.41) is 3.41. The minimum atomic E-state index is -0.206. The number of hydrogen-bond donors (Lipinski definition) is 1. The molecule has 0 bridgehead atoms. The minimum absolute atomic E-state index is 0. The average Bonchev–Trinajstić information content (AvgIpc) is 3.11. The molecular formula is C21H35FIN3O2. The largest absolute Gasteiger partial charge is 0.382 e. The molecular weight excluding hydrogens is 472 g/mol. The van der Waals surface area contributed by atoms with Crippen LogP contribution < -0.4 is 5.32 Å². The molecule has 0 saturated carbocycles. The van der Waals surface area contributed by atoms with Crippen molar-refractivity contribution >= 4 is 29.9 Å². The third kappa shape index (κ3) is 7.83. The summed E-state index contributed by atoms with van der Waals surface area (Å²) < 4.78 is 23.9. The summed E-state index contributed by atoms with van der Waals surface area (Å²) in [6, 6.07) is 6.73. The van der Waals surface area contributed by atoms with Crippen LogP contribution in [0.4, 0.5) is 4.39 Å². The van der Waals surface area contributed by atoms with Gasteiger partial charge in [-0.3, -0.25) is 4.99 Å². The Kier molecular flexibility index (Phi) is 11.3. The van der Waals surface area contributed by atoms with E-state index in [0.29, 0.717) is 25.7 Å². The number of likely N-dealkylation sites (tertiary alicyclic amines) is 1. The lowest BCUT2D eigenvalue weighted by Crippen LogP contribution is -2.41. The van der Waals surface area contributed by atoms with Crippen molar-refractivity contribution in [2.24, 2.45) is 10.9 Å². The van der Waals surface area contributed by atoms with Crippen molar-refractivity contribution in [3.8, 4) is 0 Å². The van der Waals surface area contributed by atoms with Gasteiger partial charge < -0.3 is 19.7 Å². The highest BCUT2D eigenvalue weighted by molar-refractivity contribution is 14.0. The fourth-order valence-corrected chi connectivity index (χ4v) is 3.24. The second kappa shape index (κ2) is 12.6. The molecule has 1 heterocycles. The van der Waals surface area contributed by atoms with Gasteiger partial charge in [-0.2, -0.15) is 0 Å². The number of rotatable bonds is 9. The number of benzene rings is 1. The van der Waals surface area contributed by atoms with Crippen molar-refractivity contribution < 1.29 is 13.9 Å². The summed E-state index contributed by atoms with van der Waals surface area (Å²) >= 11 is 0. The van der Waals surface area contributed by atoms with Crippen molar-refractivity contribution in [2.75, 3.05) is 53.1 Å². The van der Waals surface area contributed by atoms with Crippen LogP contribution in [0.25, 0.3) is 0 Å². The SMILES string of the molecule is CCNC(=NCC(C)(C)c1ccc(F)cc1)N1CCC(COCCOC)C1.I. The molecule has 0 radical (unpaired) electrons. The number of halogens is 2. The first kappa shape index (κ1) is 25.1. The number of guanidine groups is 1. The zero-order valence-electron chi connectivity index (χ0n) is 17.5. The van der Waals surface area contributed by atoms with Crippen molar-refractivity contribution in [3.05, 3.63) is 35.6 Å². The Balaban J connectivity index is 0.00000392. The third-order valence-electron chi connectivity index (χ3n) is 4.96. The van der Waals surface area contributed by atoms with E-state index >= 15 is 0 Å². The fourth-order valence-electron chi connectivity index (χ4n) is 3.24. The molecule has 1 aromatic carbocycles. The lowest BCUT2D eigenvalue weighted by atomic mass is 9.85. The van der Waals surface area contributed by atoms with Gasteiger partial charge in [-0.1, -0.05) is 26.0 Å². The maximum Gasteiger partial charge on any atom is 0.193 e. The van der Waals surface area contributed by atoms with Gasteiger partial charge >= 0.3 is 0 Å². The molecule has 28 heavy (non-hydrogen) atoms. The molecule has 1 fully saturated rings. The van der Waals surface area contributed by atoms with Crippen molar-refractivity contribution in [2.45, 2.75) is 32.6 Å². The number of nitrogens with one attached hydrogen (secondary N) is 1. The molecule has 1 aromatic rings. The van der Waals surface area contributed by atoms with Crippen LogP contribution in [-0.2, 0) is 14.9 Å². The Hall–Kier alpha value is -0.930. The van der Waals surface area contributed by atoms with Gasteiger partial charge in [0.15, 0.2) is 5.96 Å². The molecule has 1 N–H and O–H groups in total. The third-order valence-corrected chi connectivity index (χ3v) is 4.96. The highest BCUT2D eigenvalue weighted by Crippen LogP contribution is 2.24. The molecule has 7 heteroatoms. The van der Waals surface area contributed by atoms with Crippen LogP contribution in [0.15, 0.2) is 29.3 Å². The Morgan fingerprint density at radius 3 is 2.64 bits per heavy atom. The molecule has 2 rings (SSSR count). The van der Waals surface area contributed by atoms with Crippen LogP contribution >= 0.6 is 24.0 Å². The van der Waals surface area contributed by atoms with E-state index in [1.54, 1.807) is 7.11 Å². The second-order valence-electron chi connectivity index (χ2n) is 7.73. The summed E-state index contributed by atoms with van der Waals surface area (Å²) in [5.74, 6) is 1.27. The molecule has 1 aliphatic rings. The van der Waals surface area contributed by atoms with Crippen LogP contribution in [0.2, 0.25) is 0 Å². The number of methoxy groups -OCH3 is 1. The Morgan fingerprint density at radius 2 is 2.00 bits per heavy atom. The van der Waals surface area contributed by atoms with Crippen LogP contribution in [0, 0.1) is 11.7 Å². The maximum absolute atomic E-state index is 13.2. The Labute approximate surface area is 186 Å². The minimum Gasteiger partial charge on any atom is -0.382 e. The van der Waals surface area contributed by atoms with Gasteiger partial charge in [-0.15, -0.1) is 24.0 Å². The van der Waals surface area contributed by atoms with Crippen molar-refractivity contribution in [3.63, 3.8) is 0 Å². The second-order valence-corrected chi connectivity index (χ2v) is 7.73. The zero-order valence-corrected chi connectivity index (χ0v) is 19.9. The molecule has 5 nitrogen and oxygen atoms in total. The molecule has 0 aliphatic carbocycles. The van der Waals surface area contributed by atoms with Crippen LogP contribution in [0.5, 0.6) is 0 Å². The van der Waals surface area contributed by atoms with Crippen LogP contribution in [0.3, 0.4) is 0 Å². The van der Waals surface area contributed by atoms with E-state index in [2.05, 4.69) is 31.0 Å². The lowest BCUT2D eigenvalue weighted by Gasteiger charge is -2.26. The van der Waals surface area contributed by atoms with E-state index in [4.69, 9.17) is 14.5 Å². The molecule has 0 spiro atoms. The summed E-state index contributed by atoms with van der Waals surface area (Å²) in [6.45, 7) is 11.8. The highest BCUT2D eigenvalue weighted by Gasteiger charge is 2.26. The summed E-state index contributed by atoms with van der Waals surface area (Å²) in [7, 11) is 1.69. The normalized spacial score (nSPS) is 17.5. The number of ether oxygens (including phenoxy) is 2. The number of nitrogens with zero attached hydrogens (tertiary/aromatic N) is 2. The number of aliphatic imine (C=N–C) groups is 1. The van der Waals surface area contributed by atoms with Gasteiger partial charge in [0.2, 0.25) is 0 Å². The molecule has 1 atom stereocenters. The topological polar surface area (TPSA) is 46.1 Å². The molecule has 1 unspecified atom stereocenters. The molecule has 1 aliphatic heterocycles. The van der Waals surface area contributed by atoms with Gasteiger partial charge in [0.1, 0.15) is 5.82 Å². The van der Waals surface area contributed by atoms with E-state index < -0.39 is 0 Å². The monoisotopic (exact) mass is 507 g/mol.